The van der Waals surface area contributed by atoms with E-state index in [1.807, 2.05) is 48.2 Å². The second-order valence-electron chi connectivity index (χ2n) is 6.53. The number of benzene rings is 1. The van der Waals surface area contributed by atoms with E-state index in [0.29, 0.717) is 31.8 Å². The number of aryl methyl sites for hydroxylation is 1. The Hall–Kier alpha value is -3.00. The molecule has 134 valence electrons. The molecule has 4 rings (SSSR count). The number of fused-ring (bicyclic) bond motifs is 1. The SMILES string of the molecule is Cc1ccc(C(N)C(=O)N2CCN(c3ccc4nncn4n3)CC2)cc1. The lowest BCUT2D eigenvalue weighted by Crippen LogP contribution is -2.51. The number of piperazine rings is 1. The predicted molar refractivity (Wildman–Crippen MR) is 97.7 cm³/mol. The average Bonchev–Trinajstić information content (AvgIpc) is 3.15. The molecule has 1 fully saturated rings. The van der Waals surface area contributed by atoms with Crippen molar-refractivity contribution in [1.29, 1.82) is 0 Å². The zero-order valence-electron chi connectivity index (χ0n) is 14.6. The van der Waals surface area contributed by atoms with Gasteiger partial charge in [-0.25, -0.2) is 0 Å². The van der Waals surface area contributed by atoms with Crippen molar-refractivity contribution in [2.24, 2.45) is 5.73 Å². The Kier molecular flexibility index (Phi) is 4.26. The third-order valence-corrected chi connectivity index (χ3v) is 4.77. The van der Waals surface area contributed by atoms with Gasteiger partial charge in [-0.15, -0.1) is 15.3 Å². The summed E-state index contributed by atoms with van der Waals surface area (Å²) in [4.78, 5) is 16.7. The molecule has 1 aliphatic heterocycles. The summed E-state index contributed by atoms with van der Waals surface area (Å²) >= 11 is 0. The van der Waals surface area contributed by atoms with Crippen LogP contribution in [0.5, 0.6) is 0 Å². The van der Waals surface area contributed by atoms with Gasteiger partial charge in [-0.2, -0.15) is 4.52 Å². The highest BCUT2D eigenvalue weighted by Crippen LogP contribution is 2.18. The van der Waals surface area contributed by atoms with Crippen LogP contribution in [0.2, 0.25) is 0 Å². The summed E-state index contributed by atoms with van der Waals surface area (Å²) in [6.07, 6.45) is 1.58. The Balaban J connectivity index is 1.40. The lowest BCUT2D eigenvalue weighted by Gasteiger charge is -2.36. The minimum Gasteiger partial charge on any atom is -0.352 e. The Morgan fingerprint density at radius 1 is 1.08 bits per heavy atom. The molecule has 8 heteroatoms. The van der Waals surface area contributed by atoms with E-state index in [0.717, 1.165) is 16.9 Å². The van der Waals surface area contributed by atoms with Crippen LogP contribution in [0, 0.1) is 6.92 Å². The summed E-state index contributed by atoms with van der Waals surface area (Å²) in [6, 6.07) is 11.0. The number of hydrogen-bond donors (Lipinski definition) is 1. The van der Waals surface area contributed by atoms with E-state index in [1.165, 1.54) is 0 Å². The number of hydrogen-bond acceptors (Lipinski definition) is 6. The van der Waals surface area contributed by atoms with Gasteiger partial charge in [0, 0.05) is 26.2 Å². The van der Waals surface area contributed by atoms with Gasteiger partial charge in [0.15, 0.2) is 5.65 Å². The first-order valence-corrected chi connectivity index (χ1v) is 8.65. The van der Waals surface area contributed by atoms with Gasteiger partial charge >= 0.3 is 0 Å². The van der Waals surface area contributed by atoms with Crippen molar-refractivity contribution in [3.8, 4) is 0 Å². The molecule has 0 spiro atoms. The molecule has 2 N–H and O–H groups in total. The van der Waals surface area contributed by atoms with Crippen molar-refractivity contribution in [2.45, 2.75) is 13.0 Å². The maximum atomic E-state index is 12.7. The fourth-order valence-electron chi connectivity index (χ4n) is 3.16. The number of rotatable bonds is 3. The largest absolute Gasteiger partial charge is 0.352 e. The lowest BCUT2D eigenvalue weighted by atomic mass is 10.0. The van der Waals surface area contributed by atoms with Crippen LogP contribution in [0.15, 0.2) is 42.7 Å². The summed E-state index contributed by atoms with van der Waals surface area (Å²) < 4.78 is 1.65. The van der Waals surface area contributed by atoms with Crippen LogP contribution < -0.4 is 10.6 Å². The van der Waals surface area contributed by atoms with Gasteiger partial charge < -0.3 is 15.5 Å². The number of aromatic nitrogens is 4. The van der Waals surface area contributed by atoms with Gasteiger partial charge in [0.05, 0.1) is 0 Å². The smallest absolute Gasteiger partial charge is 0.244 e. The molecule has 1 atom stereocenters. The topological polar surface area (TPSA) is 92.7 Å². The normalized spacial score (nSPS) is 16.1. The molecule has 26 heavy (non-hydrogen) atoms. The minimum atomic E-state index is -0.617. The summed E-state index contributed by atoms with van der Waals surface area (Å²) in [6.45, 7) is 4.70. The Morgan fingerprint density at radius 3 is 2.54 bits per heavy atom. The van der Waals surface area contributed by atoms with Gasteiger partial charge in [0.1, 0.15) is 18.2 Å². The third-order valence-electron chi connectivity index (χ3n) is 4.77. The van der Waals surface area contributed by atoms with E-state index in [1.54, 1.807) is 10.8 Å². The van der Waals surface area contributed by atoms with Crippen molar-refractivity contribution < 1.29 is 4.79 Å². The van der Waals surface area contributed by atoms with Crippen molar-refractivity contribution in [1.82, 2.24) is 24.7 Å². The summed E-state index contributed by atoms with van der Waals surface area (Å²) in [7, 11) is 0. The van der Waals surface area contributed by atoms with Crippen LogP contribution in [0.25, 0.3) is 5.65 Å². The van der Waals surface area contributed by atoms with Gasteiger partial charge in [-0.3, -0.25) is 4.79 Å². The van der Waals surface area contributed by atoms with Gasteiger partial charge in [0.25, 0.3) is 0 Å². The standard InChI is InChI=1S/C18H21N7O/c1-13-2-4-14(5-3-13)17(19)18(26)24-10-8-23(9-11-24)16-7-6-15-21-20-12-25(15)22-16/h2-7,12,17H,8-11,19H2,1H3. The maximum absolute atomic E-state index is 12.7. The highest BCUT2D eigenvalue weighted by atomic mass is 16.2. The van der Waals surface area contributed by atoms with Crippen LogP contribution in [-0.4, -0.2) is 56.8 Å². The molecule has 3 heterocycles. The van der Waals surface area contributed by atoms with Crippen LogP contribution in [0.4, 0.5) is 5.82 Å². The number of carbonyl (C=O) groups excluding carboxylic acids is 1. The minimum absolute atomic E-state index is 0.0317. The molecule has 2 aromatic heterocycles. The first-order chi connectivity index (χ1) is 12.6. The van der Waals surface area contributed by atoms with E-state index in [9.17, 15) is 4.79 Å². The van der Waals surface area contributed by atoms with Gasteiger partial charge in [0.2, 0.25) is 5.91 Å². The molecule has 1 aromatic carbocycles. The van der Waals surface area contributed by atoms with Crippen LogP contribution in [0.1, 0.15) is 17.2 Å². The molecule has 8 nitrogen and oxygen atoms in total. The van der Waals surface area contributed by atoms with Crippen molar-refractivity contribution in [3.63, 3.8) is 0 Å². The summed E-state index contributed by atoms with van der Waals surface area (Å²) in [5.74, 6) is 0.822. The van der Waals surface area contributed by atoms with Gasteiger partial charge in [-0.05, 0) is 24.6 Å². The number of nitrogens with zero attached hydrogens (tertiary/aromatic N) is 6. The van der Waals surface area contributed by atoms with Crippen LogP contribution in [0.3, 0.4) is 0 Å². The summed E-state index contributed by atoms with van der Waals surface area (Å²) in [5.41, 5.74) is 8.90. The number of amides is 1. The Labute approximate surface area is 151 Å². The zero-order chi connectivity index (χ0) is 18.1. The summed E-state index contributed by atoms with van der Waals surface area (Å²) in [5, 5.41) is 12.3. The quantitative estimate of drug-likeness (QED) is 0.750. The highest BCUT2D eigenvalue weighted by molar-refractivity contribution is 5.83. The fraction of sp³-hybridized carbons (Fsp3) is 0.333. The first-order valence-electron chi connectivity index (χ1n) is 8.65. The number of carbonyl (C=O) groups is 1. The van der Waals surface area contributed by atoms with E-state index in [-0.39, 0.29) is 5.91 Å². The lowest BCUT2D eigenvalue weighted by molar-refractivity contribution is -0.133. The molecule has 1 aliphatic rings. The predicted octanol–water partition coefficient (Wildman–Crippen LogP) is 0.781. The third kappa shape index (κ3) is 3.11. The van der Waals surface area contributed by atoms with Crippen molar-refractivity contribution in [3.05, 3.63) is 53.9 Å². The Morgan fingerprint density at radius 2 is 1.81 bits per heavy atom. The molecule has 3 aromatic rings. The van der Waals surface area contributed by atoms with Gasteiger partial charge in [-0.1, -0.05) is 29.8 Å². The molecule has 1 unspecified atom stereocenters. The molecule has 1 amide bonds. The first kappa shape index (κ1) is 16.5. The molecule has 1 saturated heterocycles. The zero-order valence-corrected chi connectivity index (χ0v) is 14.6. The van der Waals surface area contributed by atoms with E-state index in [4.69, 9.17) is 5.73 Å². The molecular formula is C18H21N7O. The van der Waals surface area contributed by atoms with Crippen LogP contribution in [-0.2, 0) is 4.79 Å². The second-order valence-corrected chi connectivity index (χ2v) is 6.53. The maximum Gasteiger partial charge on any atom is 0.244 e. The van der Waals surface area contributed by atoms with Crippen molar-refractivity contribution in [2.75, 3.05) is 31.1 Å². The molecule has 0 bridgehead atoms. The fourth-order valence-corrected chi connectivity index (χ4v) is 3.16. The average molecular weight is 351 g/mol. The van der Waals surface area contributed by atoms with Crippen LogP contribution >= 0.6 is 0 Å². The number of anilines is 1. The monoisotopic (exact) mass is 351 g/mol. The Bertz CT molecular complexity index is 913. The number of nitrogens with two attached hydrogens (primary N) is 1. The second kappa shape index (κ2) is 6.72. The molecule has 0 saturated carbocycles. The molecular weight excluding hydrogens is 330 g/mol. The van der Waals surface area contributed by atoms with E-state index >= 15 is 0 Å². The molecule has 0 aliphatic carbocycles. The molecule has 0 radical (unpaired) electrons. The van der Waals surface area contributed by atoms with E-state index in [2.05, 4.69) is 20.2 Å². The van der Waals surface area contributed by atoms with E-state index < -0.39 is 6.04 Å². The highest BCUT2D eigenvalue weighted by Gasteiger charge is 2.26. The van der Waals surface area contributed by atoms with Crippen molar-refractivity contribution >= 4 is 17.4 Å².